The van der Waals surface area contributed by atoms with Crippen LogP contribution in [0.25, 0.3) is 0 Å². The Labute approximate surface area is 110 Å². The molecule has 0 aliphatic carbocycles. The molecule has 0 aliphatic heterocycles. The molecule has 0 aromatic heterocycles. The van der Waals surface area contributed by atoms with Crippen molar-refractivity contribution >= 4 is 0 Å². The fourth-order valence-electron chi connectivity index (χ4n) is 2.54. The van der Waals surface area contributed by atoms with Crippen LogP contribution in [0.15, 0.2) is 0 Å². The van der Waals surface area contributed by atoms with Gasteiger partial charge in [0.05, 0.1) is 0 Å². The van der Waals surface area contributed by atoms with Gasteiger partial charge in [-0.05, 0) is 37.1 Å². The molecule has 1 unspecified atom stereocenters. The molecule has 0 aliphatic rings. The van der Waals surface area contributed by atoms with Crippen LogP contribution < -0.4 is 0 Å². The van der Waals surface area contributed by atoms with E-state index in [-0.39, 0.29) is 0 Å². The van der Waals surface area contributed by atoms with Crippen molar-refractivity contribution in [1.29, 1.82) is 0 Å². The highest BCUT2D eigenvalue weighted by Crippen LogP contribution is 2.21. The van der Waals surface area contributed by atoms with Crippen LogP contribution in [0.1, 0.15) is 67.7 Å². The van der Waals surface area contributed by atoms with Gasteiger partial charge >= 0.3 is 0 Å². The number of hydrogen-bond donors (Lipinski definition) is 0. The zero-order valence-electron chi connectivity index (χ0n) is 13.3. The Morgan fingerprint density at radius 3 is 1.88 bits per heavy atom. The van der Waals surface area contributed by atoms with E-state index in [1.54, 1.807) is 0 Å². The summed E-state index contributed by atoms with van der Waals surface area (Å²) < 4.78 is 0. The molecule has 1 heteroatoms. The highest BCUT2D eigenvalue weighted by Gasteiger charge is 2.23. The van der Waals surface area contributed by atoms with Gasteiger partial charge < -0.3 is 0 Å². The second-order valence-corrected chi connectivity index (χ2v) is 6.45. The van der Waals surface area contributed by atoms with Crippen molar-refractivity contribution in [3.8, 4) is 0 Å². The van der Waals surface area contributed by atoms with Crippen LogP contribution in [0.2, 0.25) is 0 Å². The highest BCUT2D eigenvalue weighted by molar-refractivity contribution is 4.77. The fourth-order valence-corrected chi connectivity index (χ4v) is 2.54. The van der Waals surface area contributed by atoms with Gasteiger partial charge in [-0.25, -0.2) is 0 Å². The van der Waals surface area contributed by atoms with E-state index >= 15 is 0 Å². The van der Waals surface area contributed by atoms with E-state index in [1.165, 1.54) is 32.4 Å². The van der Waals surface area contributed by atoms with Crippen molar-refractivity contribution in [2.24, 2.45) is 17.8 Å². The minimum absolute atomic E-state index is 0.768. The van der Waals surface area contributed by atoms with Gasteiger partial charge in [-0.3, -0.25) is 4.90 Å². The molecule has 0 fully saturated rings. The van der Waals surface area contributed by atoms with Gasteiger partial charge in [0.15, 0.2) is 0 Å². The molecule has 0 aromatic carbocycles. The Balaban J connectivity index is 4.57. The summed E-state index contributed by atoms with van der Waals surface area (Å²) in [6.45, 7) is 19.0. The summed E-state index contributed by atoms with van der Waals surface area (Å²) >= 11 is 0. The molecule has 0 bridgehead atoms. The lowest BCUT2D eigenvalue weighted by atomic mass is 9.92. The molecule has 0 rings (SSSR count). The molecule has 104 valence electrons. The lowest BCUT2D eigenvalue weighted by Crippen LogP contribution is -2.42. The SMILES string of the molecule is CCCN(C[C@H](C)CC)C(CC(C)C)C(C)C. The molecule has 2 atom stereocenters. The van der Waals surface area contributed by atoms with Gasteiger partial charge in [-0.2, -0.15) is 0 Å². The summed E-state index contributed by atoms with van der Waals surface area (Å²) in [7, 11) is 0. The summed E-state index contributed by atoms with van der Waals surface area (Å²) in [4.78, 5) is 2.75. The van der Waals surface area contributed by atoms with Crippen LogP contribution in [0, 0.1) is 17.8 Å². The topological polar surface area (TPSA) is 3.24 Å². The van der Waals surface area contributed by atoms with Crippen molar-refractivity contribution in [2.75, 3.05) is 13.1 Å². The molecular weight excluding hydrogens is 206 g/mol. The second kappa shape index (κ2) is 8.97. The van der Waals surface area contributed by atoms with Gasteiger partial charge in [0, 0.05) is 12.6 Å². The van der Waals surface area contributed by atoms with E-state index in [1.807, 2.05) is 0 Å². The van der Waals surface area contributed by atoms with Crippen molar-refractivity contribution in [3.63, 3.8) is 0 Å². The highest BCUT2D eigenvalue weighted by atomic mass is 15.2. The Morgan fingerprint density at radius 1 is 0.941 bits per heavy atom. The molecule has 0 saturated carbocycles. The summed E-state index contributed by atoms with van der Waals surface area (Å²) in [5.74, 6) is 2.40. The third-order valence-corrected chi connectivity index (χ3v) is 3.71. The fraction of sp³-hybridized carbons (Fsp3) is 1.00. The van der Waals surface area contributed by atoms with Gasteiger partial charge in [-0.1, -0.05) is 54.9 Å². The Morgan fingerprint density at radius 2 is 1.53 bits per heavy atom. The molecule has 0 N–H and O–H groups in total. The van der Waals surface area contributed by atoms with Crippen molar-refractivity contribution < 1.29 is 0 Å². The minimum Gasteiger partial charge on any atom is -0.300 e. The lowest BCUT2D eigenvalue weighted by molar-refractivity contribution is 0.115. The number of rotatable bonds is 9. The molecule has 0 saturated heterocycles. The van der Waals surface area contributed by atoms with Crippen LogP contribution in [0.3, 0.4) is 0 Å². The second-order valence-electron chi connectivity index (χ2n) is 6.45. The van der Waals surface area contributed by atoms with E-state index in [2.05, 4.69) is 53.4 Å². The first-order chi connectivity index (χ1) is 7.92. The molecule has 1 nitrogen and oxygen atoms in total. The first-order valence-electron chi connectivity index (χ1n) is 7.66. The molecule has 17 heavy (non-hydrogen) atoms. The average Bonchev–Trinajstić information content (AvgIpc) is 2.24. The third kappa shape index (κ3) is 7.08. The lowest BCUT2D eigenvalue weighted by Gasteiger charge is -2.37. The standard InChI is InChI=1S/C16H35N/c1-8-10-17(12-15(7)9-2)16(14(5)6)11-13(3)4/h13-16H,8-12H2,1-7H3/t15-,16?/m1/s1. The van der Waals surface area contributed by atoms with Gasteiger partial charge in [-0.15, -0.1) is 0 Å². The van der Waals surface area contributed by atoms with Crippen molar-refractivity contribution in [2.45, 2.75) is 73.8 Å². The third-order valence-electron chi connectivity index (χ3n) is 3.71. The summed E-state index contributed by atoms with van der Waals surface area (Å²) in [5.41, 5.74) is 0. The van der Waals surface area contributed by atoms with Crippen LogP contribution in [0.5, 0.6) is 0 Å². The maximum atomic E-state index is 2.75. The molecule has 0 spiro atoms. The summed E-state index contributed by atoms with van der Waals surface area (Å²) in [5, 5.41) is 0. The van der Waals surface area contributed by atoms with Crippen LogP contribution in [-0.4, -0.2) is 24.0 Å². The number of nitrogens with zero attached hydrogens (tertiary/aromatic N) is 1. The van der Waals surface area contributed by atoms with Crippen LogP contribution in [0.4, 0.5) is 0 Å². The van der Waals surface area contributed by atoms with E-state index in [0.29, 0.717) is 0 Å². The normalized spacial score (nSPS) is 15.9. The van der Waals surface area contributed by atoms with E-state index in [4.69, 9.17) is 0 Å². The molecule has 0 aromatic rings. The largest absolute Gasteiger partial charge is 0.300 e. The van der Waals surface area contributed by atoms with Crippen LogP contribution in [-0.2, 0) is 0 Å². The minimum atomic E-state index is 0.768. The van der Waals surface area contributed by atoms with E-state index in [0.717, 1.165) is 23.8 Å². The quantitative estimate of drug-likeness (QED) is 0.559. The van der Waals surface area contributed by atoms with E-state index < -0.39 is 0 Å². The van der Waals surface area contributed by atoms with Crippen LogP contribution >= 0.6 is 0 Å². The molecule has 0 amide bonds. The Bertz CT molecular complexity index is 174. The predicted molar refractivity (Wildman–Crippen MR) is 79.4 cm³/mol. The first-order valence-corrected chi connectivity index (χ1v) is 7.66. The van der Waals surface area contributed by atoms with Gasteiger partial charge in [0.25, 0.3) is 0 Å². The molecule has 0 heterocycles. The Kier molecular flexibility index (Phi) is 8.94. The maximum Gasteiger partial charge on any atom is 0.0121 e. The predicted octanol–water partition coefficient (Wildman–Crippen LogP) is 4.82. The zero-order chi connectivity index (χ0) is 13.4. The first kappa shape index (κ1) is 17.0. The van der Waals surface area contributed by atoms with E-state index in [9.17, 15) is 0 Å². The molecular formula is C16H35N. The number of hydrogen-bond acceptors (Lipinski definition) is 1. The summed E-state index contributed by atoms with van der Waals surface area (Å²) in [6.07, 6.45) is 3.92. The van der Waals surface area contributed by atoms with Crippen molar-refractivity contribution in [1.82, 2.24) is 4.90 Å². The summed E-state index contributed by atoms with van der Waals surface area (Å²) in [6, 6.07) is 0.768. The average molecular weight is 241 g/mol. The van der Waals surface area contributed by atoms with Crippen molar-refractivity contribution in [3.05, 3.63) is 0 Å². The van der Waals surface area contributed by atoms with Gasteiger partial charge in [0.2, 0.25) is 0 Å². The Hall–Kier alpha value is -0.0400. The smallest absolute Gasteiger partial charge is 0.0121 e. The zero-order valence-corrected chi connectivity index (χ0v) is 13.3. The monoisotopic (exact) mass is 241 g/mol. The van der Waals surface area contributed by atoms with Gasteiger partial charge in [0.1, 0.15) is 0 Å². The molecule has 0 radical (unpaired) electrons. The maximum absolute atomic E-state index is 2.75.